The summed E-state index contributed by atoms with van der Waals surface area (Å²) in [4.78, 5) is 0. The molecule has 142 valence electrons. The van der Waals surface area contributed by atoms with Gasteiger partial charge in [-0.05, 0) is 67.4 Å². The highest BCUT2D eigenvalue weighted by Crippen LogP contribution is 2.24. The molecule has 3 N–H and O–H groups in total. The van der Waals surface area contributed by atoms with Crippen LogP contribution in [0.5, 0.6) is 0 Å². The van der Waals surface area contributed by atoms with Crippen LogP contribution in [0.25, 0.3) is 0 Å². The SMILES string of the molecule is CC(CNCc1ccccc1NS(=O)(=O)c1cccs1)C1CCNCC1. The molecule has 2 aromatic rings. The van der Waals surface area contributed by atoms with Gasteiger partial charge in [0.25, 0.3) is 10.0 Å². The topological polar surface area (TPSA) is 70.2 Å². The van der Waals surface area contributed by atoms with Crippen molar-refractivity contribution in [2.24, 2.45) is 11.8 Å². The average Bonchev–Trinajstić information content (AvgIpc) is 3.19. The van der Waals surface area contributed by atoms with E-state index in [2.05, 4.69) is 22.3 Å². The zero-order valence-electron chi connectivity index (χ0n) is 15.1. The number of nitrogens with one attached hydrogen (secondary N) is 3. The van der Waals surface area contributed by atoms with Crippen LogP contribution < -0.4 is 15.4 Å². The van der Waals surface area contributed by atoms with Crippen molar-refractivity contribution in [3.8, 4) is 0 Å². The van der Waals surface area contributed by atoms with E-state index in [0.717, 1.165) is 31.1 Å². The molecule has 0 radical (unpaired) electrons. The predicted molar refractivity (Wildman–Crippen MR) is 108 cm³/mol. The van der Waals surface area contributed by atoms with Crippen LogP contribution >= 0.6 is 11.3 Å². The third-order valence-electron chi connectivity index (χ3n) is 4.99. The van der Waals surface area contributed by atoms with Gasteiger partial charge in [0, 0.05) is 6.54 Å². The molecule has 2 heterocycles. The van der Waals surface area contributed by atoms with Crippen LogP contribution in [0.4, 0.5) is 5.69 Å². The molecule has 1 unspecified atom stereocenters. The highest BCUT2D eigenvalue weighted by Gasteiger charge is 2.20. The van der Waals surface area contributed by atoms with E-state index in [4.69, 9.17) is 0 Å². The summed E-state index contributed by atoms with van der Waals surface area (Å²) in [6.45, 7) is 6.12. The Morgan fingerprint density at radius 2 is 1.96 bits per heavy atom. The Bertz CT molecular complexity index is 785. The zero-order chi connectivity index (χ0) is 18.4. The van der Waals surface area contributed by atoms with Gasteiger partial charge in [-0.15, -0.1) is 11.3 Å². The van der Waals surface area contributed by atoms with Gasteiger partial charge in [-0.3, -0.25) is 4.72 Å². The van der Waals surface area contributed by atoms with E-state index >= 15 is 0 Å². The summed E-state index contributed by atoms with van der Waals surface area (Å²) in [5.74, 6) is 1.38. The molecule has 0 amide bonds. The highest BCUT2D eigenvalue weighted by molar-refractivity contribution is 7.94. The first-order chi connectivity index (χ1) is 12.6. The van der Waals surface area contributed by atoms with Crippen LogP contribution in [0, 0.1) is 11.8 Å². The molecule has 1 aliphatic heterocycles. The minimum Gasteiger partial charge on any atom is -0.317 e. The number of rotatable bonds is 8. The standard InChI is InChI=1S/C19H27N3O2S2/c1-15(16-8-10-20-11-9-16)13-21-14-17-5-2-3-6-18(17)22-26(23,24)19-7-4-12-25-19/h2-7,12,15-16,20-22H,8-11,13-14H2,1H3. The number of thiophene rings is 1. The number of sulfonamides is 1. The Hall–Kier alpha value is -1.41. The van der Waals surface area contributed by atoms with E-state index in [0.29, 0.717) is 22.4 Å². The van der Waals surface area contributed by atoms with Gasteiger partial charge in [0.1, 0.15) is 4.21 Å². The summed E-state index contributed by atoms with van der Waals surface area (Å²) in [6, 6.07) is 10.9. The molecule has 0 saturated carbocycles. The maximum Gasteiger partial charge on any atom is 0.271 e. The first-order valence-electron chi connectivity index (χ1n) is 9.12. The number of hydrogen-bond donors (Lipinski definition) is 3. The molecule has 5 nitrogen and oxygen atoms in total. The second-order valence-corrected chi connectivity index (χ2v) is 9.75. The average molecular weight is 394 g/mol. The van der Waals surface area contributed by atoms with Gasteiger partial charge in [-0.25, -0.2) is 8.42 Å². The third kappa shape index (κ3) is 5.07. The number of benzene rings is 1. The second kappa shape index (κ2) is 8.99. The molecule has 26 heavy (non-hydrogen) atoms. The molecule has 1 aromatic carbocycles. The molecule has 1 saturated heterocycles. The van der Waals surface area contributed by atoms with Gasteiger partial charge < -0.3 is 10.6 Å². The maximum absolute atomic E-state index is 12.5. The number of piperidine rings is 1. The predicted octanol–water partition coefficient (Wildman–Crippen LogP) is 3.27. The van der Waals surface area contributed by atoms with Crippen molar-refractivity contribution in [1.82, 2.24) is 10.6 Å². The van der Waals surface area contributed by atoms with Crippen LogP contribution in [0.1, 0.15) is 25.3 Å². The van der Waals surface area contributed by atoms with E-state index in [1.165, 1.54) is 24.2 Å². The minimum atomic E-state index is -3.52. The van der Waals surface area contributed by atoms with E-state index in [1.54, 1.807) is 17.5 Å². The zero-order valence-corrected chi connectivity index (χ0v) is 16.7. The summed E-state index contributed by atoms with van der Waals surface area (Å²) in [6.07, 6.45) is 2.47. The normalized spacial score (nSPS) is 17.1. The van der Waals surface area contributed by atoms with E-state index in [9.17, 15) is 8.42 Å². The van der Waals surface area contributed by atoms with Crippen molar-refractivity contribution < 1.29 is 8.42 Å². The molecule has 3 rings (SSSR count). The number of anilines is 1. The van der Waals surface area contributed by atoms with Gasteiger partial charge in [0.15, 0.2) is 0 Å². The summed E-state index contributed by atoms with van der Waals surface area (Å²) in [7, 11) is -3.52. The van der Waals surface area contributed by atoms with E-state index in [1.807, 2.05) is 24.3 Å². The molecule has 1 fully saturated rings. The molecule has 1 aromatic heterocycles. The molecular formula is C19H27N3O2S2. The van der Waals surface area contributed by atoms with Crippen LogP contribution in [0.3, 0.4) is 0 Å². The first kappa shape index (κ1) is 19.4. The molecule has 0 bridgehead atoms. The fraction of sp³-hybridized carbons (Fsp3) is 0.474. The van der Waals surface area contributed by atoms with Crippen LogP contribution in [0.2, 0.25) is 0 Å². The van der Waals surface area contributed by atoms with Gasteiger partial charge in [-0.1, -0.05) is 31.2 Å². The maximum atomic E-state index is 12.5. The van der Waals surface area contributed by atoms with Crippen LogP contribution in [-0.2, 0) is 16.6 Å². The molecule has 0 aliphatic carbocycles. The minimum absolute atomic E-state index is 0.333. The van der Waals surface area contributed by atoms with E-state index in [-0.39, 0.29) is 0 Å². The Kier molecular flexibility index (Phi) is 6.69. The summed E-state index contributed by atoms with van der Waals surface area (Å²) >= 11 is 1.22. The molecule has 1 aliphatic rings. The number of hydrogen-bond acceptors (Lipinski definition) is 5. The largest absolute Gasteiger partial charge is 0.317 e. The van der Waals surface area contributed by atoms with Crippen molar-refractivity contribution in [2.75, 3.05) is 24.4 Å². The highest BCUT2D eigenvalue weighted by atomic mass is 32.2. The summed E-state index contributed by atoms with van der Waals surface area (Å²) in [5, 5.41) is 8.68. The Balaban J connectivity index is 1.59. The van der Waals surface area contributed by atoms with Crippen molar-refractivity contribution >= 4 is 27.0 Å². The Morgan fingerprint density at radius 1 is 1.19 bits per heavy atom. The molecular weight excluding hydrogens is 366 g/mol. The molecule has 7 heteroatoms. The monoisotopic (exact) mass is 393 g/mol. The number of para-hydroxylation sites is 1. The van der Waals surface area contributed by atoms with Crippen molar-refractivity contribution in [3.05, 3.63) is 47.3 Å². The quantitative estimate of drug-likeness (QED) is 0.644. The lowest BCUT2D eigenvalue weighted by atomic mass is 9.86. The summed E-state index contributed by atoms with van der Waals surface area (Å²) in [5.41, 5.74) is 1.60. The van der Waals surface area contributed by atoms with Crippen molar-refractivity contribution in [3.63, 3.8) is 0 Å². The van der Waals surface area contributed by atoms with E-state index < -0.39 is 10.0 Å². The fourth-order valence-electron chi connectivity index (χ4n) is 3.40. The van der Waals surface area contributed by atoms with Crippen molar-refractivity contribution in [1.29, 1.82) is 0 Å². The Labute approximate surface area is 160 Å². The van der Waals surface area contributed by atoms with Gasteiger partial charge in [0.2, 0.25) is 0 Å². The fourth-order valence-corrected chi connectivity index (χ4v) is 5.49. The smallest absolute Gasteiger partial charge is 0.271 e. The molecule has 0 spiro atoms. The molecule has 1 atom stereocenters. The lowest BCUT2D eigenvalue weighted by Gasteiger charge is -2.28. The third-order valence-corrected chi connectivity index (χ3v) is 7.75. The van der Waals surface area contributed by atoms with Crippen molar-refractivity contribution in [2.45, 2.75) is 30.5 Å². The second-order valence-electron chi connectivity index (χ2n) is 6.89. The lowest BCUT2D eigenvalue weighted by molar-refractivity contribution is 0.267. The lowest BCUT2D eigenvalue weighted by Crippen LogP contribution is -2.34. The Morgan fingerprint density at radius 3 is 2.69 bits per heavy atom. The first-order valence-corrected chi connectivity index (χ1v) is 11.5. The summed E-state index contributed by atoms with van der Waals surface area (Å²) < 4.78 is 28.0. The van der Waals surface area contributed by atoms with Crippen LogP contribution in [0.15, 0.2) is 46.0 Å². The van der Waals surface area contributed by atoms with Gasteiger partial charge in [0.05, 0.1) is 5.69 Å². The van der Waals surface area contributed by atoms with Gasteiger partial charge >= 0.3 is 0 Å². The van der Waals surface area contributed by atoms with Gasteiger partial charge in [-0.2, -0.15) is 0 Å². The van der Waals surface area contributed by atoms with Crippen LogP contribution in [-0.4, -0.2) is 28.1 Å².